The molecule has 0 bridgehead atoms. The highest BCUT2D eigenvalue weighted by atomic mass is 16.5. The summed E-state index contributed by atoms with van der Waals surface area (Å²) < 4.78 is 5.27. The van der Waals surface area contributed by atoms with Gasteiger partial charge >= 0.3 is 0 Å². The van der Waals surface area contributed by atoms with E-state index < -0.39 is 0 Å². The second-order valence-corrected chi connectivity index (χ2v) is 5.92. The molecule has 0 N–H and O–H groups in total. The predicted octanol–water partition coefficient (Wildman–Crippen LogP) is 4.02. The van der Waals surface area contributed by atoms with Gasteiger partial charge in [0, 0.05) is 13.7 Å². The third-order valence-electron chi connectivity index (χ3n) is 4.95. The molecule has 88 valence electrons. The first-order valence-corrected chi connectivity index (χ1v) is 6.77. The number of ether oxygens (including phenoxy) is 1. The number of hydrogen-bond acceptors (Lipinski definition) is 1. The topological polar surface area (TPSA) is 9.23 Å². The lowest BCUT2D eigenvalue weighted by Crippen LogP contribution is -2.26. The normalized spacial score (nSPS) is 41.2. The lowest BCUT2D eigenvalue weighted by atomic mass is 9.69. The molecule has 2 saturated carbocycles. The molecule has 0 radical (unpaired) electrons. The smallest absolute Gasteiger partial charge is 0.0490 e. The van der Waals surface area contributed by atoms with E-state index in [4.69, 9.17) is 4.74 Å². The first kappa shape index (κ1) is 11.4. The van der Waals surface area contributed by atoms with Crippen LogP contribution in [0.25, 0.3) is 0 Å². The van der Waals surface area contributed by atoms with Crippen molar-refractivity contribution in [3.05, 3.63) is 0 Å². The second kappa shape index (κ2) is 4.86. The highest BCUT2D eigenvalue weighted by Crippen LogP contribution is 2.52. The van der Waals surface area contributed by atoms with Crippen LogP contribution >= 0.6 is 0 Å². The van der Waals surface area contributed by atoms with Gasteiger partial charge < -0.3 is 4.74 Å². The molecule has 0 amide bonds. The van der Waals surface area contributed by atoms with Crippen molar-refractivity contribution in [2.24, 2.45) is 17.3 Å². The van der Waals surface area contributed by atoms with Crippen molar-refractivity contribution in [3.8, 4) is 0 Å². The van der Waals surface area contributed by atoms with E-state index in [1.165, 1.54) is 51.4 Å². The average molecular weight is 210 g/mol. The van der Waals surface area contributed by atoms with Crippen LogP contribution in [-0.2, 0) is 4.74 Å². The van der Waals surface area contributed by atoms with Gasteiger partial charge in [0.2, 0.25) is 0 Å². The van der Waals surface area contributed by atoms with Crippen molar-refractivity contribution in [1.29, 1.82) is 0 Å². The van der Waals surface area contributed by atoms with Gasteiger partial charge in [-0.3, -0.25) is 0 Å². The van der Waals surface area contributed by atoms with E-state index in [0.29, 0.717) is 0 Å². The summed E-state index contributed by atoms with van der Waals surface area (Å²) in [7, 11) is 1.84. The fourth-order valence-corrected chi connectivity index (χ4v) is 3.82. The Hall–Kier alpha value is -0.0400. The summed E-state index contributed by atoms with van der Waals surface area (Å²) >= 11 is 0. The quantitative estimate of drug-likeness (QED) is 0.683. The van der Waals surface area contributed by atoms with Crippen LogP contribution in [0.5, 0.6) is 0 Å². The molecule has 0 heterocycles. The van der Waals surface area contributed by atoms with E-state index in [9.17, 15) is 0 Å². The molecule has 2 rings (SSSR count). The zero-order valence-corrected chi connectivity index (χ0v) is 10.4. The molecule has 0 aromatic carbocycles. The minimum atomic E-state index is 0.769. The van der Waals surface area contributed by atoms with Gasteiger partial charge in [0.15, 0.2) is 0 Å². The van der Waals surface area contributed by atoms with Crippen LogP contribution in [0.2, 0.25) is 0 Å². The Kier molecular flexibility index (Phi) is 3.71. The number of hydrogen-bond donors (Lipinski definition) is 0. The minimum Gasteiger partial charge on any atom is -0.384 e. The zero-order valence-electron chi connectivity index (χ0n) is 10.4. The summed E-state index contributed by atoms with van der Waals surface area (Å²) in [5.41, 5.74) is 0.769. The zero-order chi connectivity index (χ0) is 10.7. The fourth-order valence-electron chi connectivity index (χ4n) is 3.82. The van der Waals surface area contributed by atoms with Crippen LogP contribution in [0.1, 0.15) is 58.3 Å². The summed E-state index contributed by atoms with van der Waals surface area (Å²) in [6.45, 7) is 3.35. The number of methoxy groups -OCH3 is 1. The molecule has 1 atom stereocenters. The maximum Gasteiger partial charge on any atom is 0.0490 e. The lowest BCUT2D eigenvalue weighted by Gasteiger charge is -2.37. The van der Waals surface area contributed by atoms with Crippen molar-refractivity contribution in [3.63, 3.8) is 0 Å². The minimum absolute atomic E-state index is 0.769. The average Bonchev–Trinajstić information content (AvgIpc) is 2.66. The molecule has 0 saturated heterocycles. The summed E-state index contributed by atoms with van der Waals surface area (Å²) in [6, 6.07) is 0. The second-order valence-electron chi connectivity index (χ2n) is 5.92. The SMILES string of the molecule is CCC1CCC2(CCC(COC)CC2)C1. The molecule has 1 spiro atoms. The first-order chi connectivity index (χ1) is 7.28. The summed E-state index contributed by atoms with van der Waals surface area (Å²) in [5.74, 6) is 1.91. The Morgan fingerprint density at radius 2 is 1.67 bits per heavy atom. The van der Waals surface area contributed by atoms with Gasteiger partial charge in [0.25, 0.3) is 0 Å². The third-order valence-corrected chi connectivity index (χ3v) is 4.95. The summed E-state index contributed by atoms with van der Waals surface area (Å²) in [6.07, 6.45) is 11.8. The van der Waals surface area contributed by atoms with Crippen LogP contribution in [0.4, 0.5) is 0 Å². The van der Waals surface area contributed by atoms with Crippen LogP contribution in [0.3, 0.4) is 0 Å². The van der Waals surface area contributed by atoms with E-state index in [1.54, 1.807) is 0 Å². The molecule has 0 aromatic rings. The molecular weight excluding hydrogens is 184 g/mol. The van der Waals surface area contributed by atoms with Crippen molar-refractivity contribution in [2.75, 3.05) is 13.7 Å². The Labute approximate surface area is 94.6 Å². The van der Waals surface area contributed by atoms with Gasteiger partial charge in [-0.05, 0) is 62.2 Å². The number of rotatable bonds is 3. The van der Waals surface area contributed by atoms with Gasteiger partial charge in [-0.2, -0.15) is 0 Å². The molecular formula is C14H26O. The van der Waals surface area contributed by atoms with Crippen LogP contribution in [-0.4, -0.2) is 13.7 Å². The van der Waals surface area contributed by atoms with E-state index in [-0.39, 0.29) is 0 Å². The summed E-state index contributed by atoms with van der Waals surface area (Å²) in [4.78, 5) is 0. The molecule has 1 unspecified atom stereocenters. The first-order valence-electron chi connectivity index (χ1n) is 6.77. The van der Waals surface area contributed by atoms with E-state index in [1.807, 2.05) is 7.11 Å². The standard InChI is InChI=1S/C14H26O/c1-3-12-4-7-14(10-12)8-5-13(6-9-14)11-15-2/h12-13H,3-11H2,1-2H3. The van der Waals surface area contributed by atoms with Crippen molar-refractivity contribution < 1.29 is 4.74 Å². The Balaban J connectivity index is 1.82. The van der Waals surface area contributed by atoms with E-state index in [2.05, 4.69) is 6.92 Å². The van der Waals surface area contributed by atoms with Crippen LogP contribution in [0, 0.1) is 17.3 Å². The van der Waals surface area contributed by atoms with Crippen molar-refractivity contribution in [2.45, 2.75) is 58.3 Å². The highest BCUT2D eigenvalue weighted by Gasteiger charge is 2.40. The molecule has 1 heteroatoms. The van der Waals surface area contributed by atoms with Gasteiger partial charge in [-0.1, -0.05) is 13.3 Å². The Bertz CT molecular complexity index is 192. The third kappa shape index (κ3) is 2.55. The molecule has 0 aromatic heterocycles. The van der Waals surface area contributed by atoms with Crippen LogP contribution in [0.15, 0.2) is 0 Å². The summed E-state index contributed by atoms with van der Waals surface area (Å²) in [5, 5.41) is 0. The molecule has 1 nitrogen and oxygen atoms in total. The monoisotopic (exact) mass is 210 g/mol. The van der Waals surface area contributed by atoms with Gasteiger partial charge in [0.05, 0.1) is 0 Å². The lowest BCUT2D eigenvalue weighted by molar-refractivity contribution is 0.0836. The molecule has 0 aliphatic heterocycles. The fraction of sp³-hybridized carbons (Fsp3) is 1.00. The van der Waals surface area contributed by atoms with Crippen LogP contribution < -0.4 is 0 Å². The highest BCUT2D eigenvalue weighted by molar-refractivity contribution is 4.92. The van der Waals surface area contributed by atoms with Gasteiger partial charge in [-0.15, -0.1) is 0 Å². The van der Waals surface area contributed by atoms with Gasteiger partial charge in [0.1, 0.15) is 0 Å². The Morgan fingerprint density at radius 3 is 2.13 bits per heavy atom. The Morgan fingerprint density at radius 1 is 1.07 bits per heavy atom. The maximum absolute atomic E-state index is 5.27. The maximum atomic E-state index is 5.27. The molecule has 2 aliphatic rings. The van der Waals surface area contributed by atoms with E-state index in [0.717, 1.165) is 23.9 Å². The largest absolute Gasteiger partial charge is 0.384 e. The van der Waals surface area contributed by atoms with E-state index >= 15 is 0 Å². The molecule has 2 fully saturated rings. The predicted molar refractivity (Wildman–Crippen MR) is 63.9 cm³/mol. The molecule has 15 heavy (non-hydrogen) atoms. The molecule has 2 aliphatic carbocycles. The van der Waals surface area contributed by atoms with Crippen molar-refractivity contribution >= 4 is 0 Å². The van der Waals surface area contributed by atoms with Gasteiger partial charge in [-0.25, -0.2) is 0 Å². The van der Waals surface area contributed by atoms with Crippen molar-refractivity contribution in [1.82, 2.24) is 0 Å².